The largest absolute Gasteiger partial charge is 0.355 e. The fourth-order valence-corrected chi connectivity index (χ4v) is 5.25. The zero-order valence-electron chi connectivity index (χ0n) is 15.3. The summed E-state index contributed by atoms with van der Waals surface area (Å²) in [7, 11) is 0. The van der Waals surface area contributed by atoms with E-state index < -0.39 is 0 Å². The van der Waals surface area contributed by atoms with Crippen LogP contribution in [0.1, 0.15) is 30.9 Å². The van der Waals surface area contributed by atoms with Gasteiger partial charge in [0.2, 0.25) is 5.91 Å². The molecule has 0 bridgehead atoms. The number of halogens is 1. The summed E-state index contributed by atoms with van der Waals surface area (Å²) in [4.78, 5) is 15.0. The normalized spacial score (nSPS) is 29.0. The van der Waals surface area contributed by atoms with Crippen LogP contribution in [0.5, 0.6) is 0 Å². The van der Waals surface area contributed by atoms with E-state index in [1.54, 1.807) is 0 Å². The van der Waals surface area contributed by atoms with Crippen LogP contribution >= 0.6 is 11.6 Å². The quantitative estimate of drug-likeness (QED) is 0.750. The molecule has 3 saturated heterocycles. The lowest BCUT2D eigenvalue weighted by molar-refractivity contribution is -0.130. The Kier molecular flexibility index (Phi) is 5.50. The van der Waals surface area contributed by atoms with Crippen molar-refractivity contribution in [1.29, 1.82) is 0 Å². The van der Waals surface area contributed by atoms with E-state index in [-0.39, 0.29) is 11.5 Å². The highest BCUT2D eigenvalue weighted by Crippen LogP contribution is 2.42. The van der Waals surface area contributed by atoms with E-state index in [4.69, 9.17) is 11.6 Å². The second-order valence-electron chi connectivity index (χ2n) is 7.93. The second kappa shape index (κ2) is 7.85. The molecule has 0 aliphatic carbocycles. The third-order valence-electron chi connectivity index (χ3n) is 6.57. The Hall–Kier alpha value is -1.14. The molecule has 3 aliphatic rings. The molecule has 1 spiro atoms. The molecule has 3 fully saturated rings. The molecule has 2 atom stereocenters. The average molecular weight is 377 g/mol. The zero-order chi connectivity index (χ0) is 18.0. The summed E-state index contributed by atoms with van der Waals surface area (Å²) in [6, 6.07) is 8.41. The van der Waals surface area contributed by atoms with Gasteiger partial charge in [0.1, 0.15) is 0 Å². The number of rotatable bonds is 4. The number of hydrogen-bond donors (Lipinski definition) is 3. The van der Waals surface area contributed by atoms with E-state index in [2.05, 4.69) is 33.0 Å². The number of hydrogen-bond acceptors (Lipinski definition) is 4. The molecule has 0 saturated carbocycles. The third-order valence-corrected chi connectivity index (χ3v) is 6.92. The summed E-state index contributed by atoms with van der Waals surface area (Å²) in [5.74, 6) is 0.754. The van der Waals surface area contributed by atoms with Crippen molar-refractivity contribution in [2.45, 2.75) is 25.3 Å². The molecule has 142 valence electrons. The van der Waals surface area contributed by atoms with Gasteiger partial charge in [0, 0.05) is 37.2 Å². The van der Waals surface area contributed by atoms with E-state index in [1.165, 1.54) is 5.56 Å². The van der Waals surface area contributed by atoms with Gasteiger partial charge >= 0.3 is 0 Å². The van der Waals surface area contributed by atoms with Crippen molar-refractivity contribution >= 4 is 17.5 Å². The van der Waals surface area contributed by atoms with Gasteiger partial charge in [-0.15, -0.1) is 0 Å². The maximum Gasteiger partial charge on any atom is 0.226 e. The number of nitrogens with zero attached hydrogens (tertiary/aromatic N) is 1. The van der Waals surface area contributed by atoms with Crippen LogP contribution in [-0.4, -0.2) is 56.6 Å². The lowest BCUT2D eigenvalue weighted by Gasteiger charge is -2.38. The van der Waals surface area contributed by atoms with Gasteiger partial charge in [0.25, 0.3) is 0 Å². The number of carbonyl (C=O) groups is 1. The first kappa shape index (κ1) is 18.2. The summed E-state index contributed by atoms with van der Waals surface area (Å²) in [6.07, 6.45) is 3.05. The Labute approximate surface area is 160 Å². The van der Waals surface area contributed by atoms with Crippen LogP contribution < -0.4 is 16.0 Å². The molecule has 1 aromatic carbocycles. The second-order valence-corrected chi connectivity index (χ2v) is 8.34. The SMILES string of the molecule is O=C1NCC(CCN2CCNC(c3ccccc3Cl)C2)C12CCNCC2. The predicted octanol–water partition coefficient (Wildman–Crippen LogP) is 1.79. The van der Waals surface area contributed by atoms with Gasteiger partial charge in [-0.1, -0.05) is 29.8 Å². The predicted molar refractivity (Wildman–Crippen MR) is 104 cm³/mol. The molecule has 1 amide bonds. The molecule has 3 N–H and O–H groups in total. The average Bonchev–Trinajstić information content (AvgIpc) is 2.97. The van der Waals surface area contributed by atoms with Crippen molar-refractivity contribution in [3.63, 3.8) is 0 Å². The third kappa shape index (κ3) is 3.50. The molecule has 2 unspecified atom stereocenters. The Balaban J connectivity index is 1.37. The van der Waals surface area contributed by atoms with E-state index in [0.717, 1.165) is 70.1 Å². The Bertz CT molecular complexity index is 646. The minimum Gasteiger partial charge on any atom is -0.355 e. The van der Waals surface area contributed by atoms with Gasteiger partial charge in [0.05, 0.1) is 5.41 Å². The number of piperidine rings is 1. The van der Waals surface area contributed by atoms with E-state index in [9.17, 15) is 4.79 Å². The highest BCUT2D eigenvalue weighted by atomic mass is 35.5. The number of benzene rings is 1. The van der Waals surface area contributed by atoms with Gasteiger partial charge in [-0.2, -0.15) is 0 Å². The summed E-state index contributed by atoms with van der Waals surface area (Å²) < 4.78 is 0. The maximum atomic E-state index is 12.5. The van der Waals surface area contributed by atoms with Crippen LogP contribution in [0.15, 0.2) is 24.3 Å². The molecule has 0 radical (unpaired) electrons. The minimum atomic E-state index is -0.124. The van der Waals surface area contributed by atoms with E-state index >= 15 is 0 Å². The standard InChI is InChI=1S/C20H29ClN4O/c21-17-4-2-1-3-16(17)18-14-25(12-10-23-18)11-5-15-13-24-19(26)20(15)6-8-22-9-7-20/h1-4,15,18,22-23H,5-14H2,(H,24,26). The molecule has 6 heteroatoms. The topological polar surface area (TPSA) is 56.4 Å². The lowest BCUT2D eigenvalue weighted by atomic mass is 9.69. The fourth-order valence-electron chi connectivity index (χ4n) is 4.98. The van der Waals surface area contributed by atoms with Crippen LogP contribution in [0, 0.1) is 11.3 Å². The van der Waals surface area contributed by atoms with Crippen LogP contribution in [-0.2, 0) is 4.79 Å². The first-order chi connectivity index (χ1) is 12.7. The Morgan fingerprint density at radius 3 is 2.81 bits per heavy atom. The monoisotopic (exact) mass is 376 g/mol. The first-order valence-corrected chi connectivity index (χ1v) is 10.3. The van der Waals surface area contributed by atoms with Crippen LogP contribution in [0.25, 0.3) is 0 Å². The van der Waals surface area contributed by atoms with Crippen molar-refractivity contribution in [2.75, 3.05) is 45.8 Å². The van der Waals surface area contributed by atoms with Gasteiger partial charge in [-0.3, -0.25) is 4.79 Å². The molecule has 4 rings (SSSR count). The van der Waals surface area contributed by atoms with Gasteiger partial charge in [0.15, 0.2) is 0 Å². The summed E-state index contributed by atoms with van der Waals surface area (Å²) in [6.45, 7) is 6.84. The lowest BCUT2D eigenvalue weighted by Crippen LogP contribution is -2.48. The molecule has 26 heavy (non-hydrogen) atoms. The fraction of sp³-hybridized carbons (Fsp3) is 0.650. The summed E-state index contributed by atoms with van der Waals surface area (Å²) in [5, 5.41) is 11.0. The molecule has 5 nitrogen and oxygen atoms in total. The van der Waals surface area contributed by atoms with Crippen molar-refractivity contribution in [2.24, 2.45) is 11.3 Å². The summed E-state index contributed by atoms with van der Waals surface area (Å²) in [5.41, 5.74) is 1.06. The molecule has 1 aromatic rings. The van der Waals surface area contributed by atoms with Crippen molar-refractivity contribution in [1.82, 2.24) is 20.9 Å². The smallest absolute Gasteiger partial charge is 0.226 e. The van der Waals surface area contributed by atoms with Gasteiger partial charge in [-0.25, -0.2) is 0 Å². The zero-order valence-corrected chi connectivity index (χ0v) is 16.0. The summed E-state index contributed by atoms with van der Waals surface area (Å²) >= 11 is 6.39. The Morgan fingerprint density at radius 1 is 1.19 bits per heavy atom. The highest BCUT2D eigenvalue weighted by molar-refractivity contribution is 6.31. The van der Waals surface area contributed by atoms with Crippen LogP contribution in [0.4, 0.5) is 0 Å². The molecule has 3 heterocycles. The van der Waals surface area contributed by atoms with Crippen LogP contribution in [0.2, 0.25) is 5.02 Å². The van der Waals surface area contributed by atoms with Gasteiger partial charge in [-0.05, 0) is 56.4 Å². The highest BCUT2D eigenvalue weighted by Gasteiger charge is 2.50. The molecular formula is C20H29ClN4O. The molecular weight excluding hydrogens is 348 g/mol. The number of amides is 1. The van der Waals surface area contributed by atoms with Gasteiger partial charge < -0.3 is 20.9 Å². The molecule has 0 aromatic heterocycles. The minimum absolute atomic E-state index is 0.124. The number of carbonyl (C=O) groups excluding carboxylic acids is 1. The molecule has 3 aliphatic heterocycles. The maximum absolute atomic E-state index is 12.5. The number of nitrogens with one attached hydrogen (secondary N) is 3. The van der Waals surface area contributed by atoms with E-state index in [0.29, 0.717) is 11.8 Å². The van der Waals surface area contributed by atoms with Crippen molar-refractivity contribution in [3.8, 4) is 0 Å². The Morgan fingerprint density at radius 2 is 2.00 bits per heavy atom. The first-order valence-electron chi connectivity index (χ1n) is 9.88. The van der Waals surface area contributed by atoms with Crippen molar-refractivity contribution in [3.05, 3.63) is 34.9 Å². The van der Waals surface area contributed by atoms with Crippen molar-refractivity contribution < 1.29 is 4.79 Å². The van der Waals surface area contributed by atoms with Crippen LogP contribution in [0.3, 0.4) is 0 Å². The number of piperazine rings is 1. The van der Waals surface area contributed by atoms with E-state index in [1.807, 2.05) is 12.1 Å².